The van der Waals surface area contributed by atoms with Gasteiger partial charge in [0.1, 0.15) is 15.7 Å². The van der Waals surface area contributed by atoms with Gasteiger partial charge in [0.15, 0.2) is 0 Å². The molecule has 3 aromatic rings. The number of amides is 1. The van der Waals surface area contributed by atoms with Gasteiger partial charge in [0.25, 0.3) is 5.91 Å². The number of thiazole rings is 1. The molecule has 1 heterocycles. The first-order valence-corrected chi connectivity index (χ1v) is 9.31. The van der Waals surface area contributed by atoms with E-state index in [9.17, 15) is 9.18 Å². The van der Waals surface area contributed by atoms with E-state index < -0.39 is 0 Å². The molecule has 0 spiro atoms. The number of rotatable bonds is 4. The highest BCUT2D eigenvalue weighted by atomic mass is 32.1. The van der Waals surface area contributed by atoms with Crippen LogP contribution < -0.4 is 4.90 Å². The van der Waals surface area contributed by atoms with Crippen LogP contribution in [0.1, 0.15) is 34.6 Å². The second kappa shape index (κ2) is 7.38. The van der Waals surface area contributed by atoms with Crippen molar-refractivity contribution in [2.24, 2.45) is 0 Å². The molecule has 0 aliphatic heterocycles. The van der Waals surface area contributed by atoms with E-state index >= 15 is 0 Å². The van der Waals surface area contributed by atoms with E-state index in [1.54, 1.807) is 23.1 Å². The lowest BCUT2D eigenvalue weighted by atomic mass is 10.1. The average Bonchev–Trinajstić information content (AvgIpc) is 3.08. The number of hydrogen-bond donors (Lipinski definition) is 0. The van der Waals surface area contributed by atoms with Crippen molar-refractivity contribution in [1.82, 2.24) is 4.98 Å². The highest BCUT2D eigenvalue weighted by Gasteiger charge is 2.24. The monoisotopic (exact) mass is 368 g/mol. The molecule has 0 aliphatic rings. The lowest BCUT2D eigenvalue weighted by molar-refractivity contribution is 0.0984. The number of benzene rings is 2. The fourth-order valence-electron chi connectivity index (χ4n) is 2.85. The van der Waals surface area contributed by atoms with Crippen LogP contribution in [0.3, 0.4) is 0 Å². The Labute approximate surface area is 157 Å². The fourth-order valence-corrected chi connectivity index (χ4v) is 3.73. The minimum atomic E-state index is -0.337. The van der Waals surface area contributed by atoms with Crippen molar-refractivity contribution in [1.29, 1.82) is 0 Å². The molecule has 0 radical (unpaired) electrons. The van der Waals surface area contributed by atoms with E-state index in [4.69, 9.17) is 0 Å². The van der Waals surface area contributed by atoms with Crippen molar-refractivity contribution in [3.8, 4) is 10.6 Å². The summed E-state index contributed by atoms with van der Waals surface area (Å²) in [7, 11) is 0. The van der Waals surface area contributed by atoms with Gasteiger partial charge in [-0.25, -0.2) is 9.37 Å². The van der Waals surface area contributed by atoms with Crippen LogP contribution in [0, 0.1) is 19.7 Å². The van der Waals surface area contributed by atoms with Crippen LogP contribution in [-0.2, 0) is 0 Å². The summed E-state index contributed by atoms with van der Waals surface area (Å²) < 4.78 is 14.0. The normalized spacial score (nSPS) is 11.0. The van der Waals surface area contributed by atoms with Crippen LogP contribution >= 0.6 is 11.3 Å². The largest absolute Gasteiger partial charge is 0.305 e. The van der Waals surface area contributed by atoms with Gasteiger partial charge in [-0.2, -0.15) is 0 Å². The fraction of sp³-hybridized carbons (Fsp3) is 0.238. The van der Waals surface area contributed by atoms with Crippen LogP contribution in [0.25, 0.3) is 10.6 Å². The van der Waals surface area contributed by atoms with Gasteiger partial charge in [-0.3, -0.25) is 4.79 Å². The third kappa shape index (κ3) is 3.53. The molecule has 0 fully saturated rings. The number of nitrogens with zero attached hydrogens (tertiary/aromatic N) is 2. The van der Waals surface area contributed by atoms with E-state index in [1.165, 1.54) is 23.6 Å². The van der Waals surface area contributed by atoms with Crippen molar-refractivity contribution in [3.63, 3.8) is 0 Å². The van der Waals surface area contributed by atoms with Gasteiger partial charge < -0.3 is 4.90 Å². The molecule has 0 saturated heterocycles. The molecular weight excluding hydrogens is 347 g/mol. The lowest BCUT2D eigenvalue weighted by Crippen LogP contribution is -2.37. The third-order valence-corrected chi connectivity index (χ3v) is 5.20. The maximum absolute atomic E-state index is 14.0. The number of halogens is 1. The van der Waals surface area contributed by atoms with Gasteiger partial charge in [0.2, 0.25) is 0 Å². The van der Waals surface area contributed by atoms with Crippen LogP contribution in [-0.4, -0.2) is 16.9 Å². The van der Waals surface area contributed by atoms with Crippen molar-refractivity contribution in [2.75, 3.05) is 4.90 Å². The molecule has 5 heteroatoms. The highest BCUT2D eigenvalue weighted by Crippen LogP contribution is 2.31. The Morgan fingerprint density at radius 3 is 2.58 bits per heavy atom. The van der Waals surface area contributed by atoms with Crippen LogP contribution in [0.5, 0.6) is 0 Å². The third-order valence-electron chi connectivity index (χ3n) is 4.18. The Balaban J connectivity index is 1.99. The molecule has 26 heavy (non-hydrogen) atoms. The number of anilines is 1. The maximum Gasteiger partial charge on any atom is 0.270 e. The zero-order chi connectivity index (χ0) is 18.8. The molecule has 0 saturated carbocycles. The SMILES string of the molecule is Cc1ccc(C)c(N(C(=O)c2cnc(-c3ccccc3F)s2)C(C)C)c1. The van der Waals surface area contributed by atoms with E-state index in [-0.39, 0.29) is 17.8 Å². The Bertz CT molecular complexity index is 949. The first-order chi connectivity index (χ1) is 12.4. The predicted octanol–water partition coefficient (Wildman–Crippen LogP) is 5.62. The van der Waals surface area contributed by atoms with E-state index in [2.05, 4.69) is 4.98 Å². The zero-order valence-electron chi connectivity index (χ0n) is 15.3. The molecule has 2 aromatic carbocycles. The van der Waals surface area contributed by atoms with Crippen molar-refractivity contribution in [2.45, 2.75) is 33.7 Å². The number of hydrogen-bond acceptors (Lipinski definition) is 3. The van der Waals surface area contributed by atoms with Gasteiger partial charge in [-0.15, -0.1) is 11.3 Å². The molecule has 3 nitrogen and oxygen atoms in total. The molecule has 0 aliphatic carbocycles. The number of carbonyl (C=O) groups excluding carboxylic acids is 1. The number of aryl methyl sites for hydroxylation is 2. The average molecular weight is 368 g/mol. The van der Waals surface area contributed by atoms with E-state index in [0.717, 1.165) is 16.8 Å². The van der Waals surface area contributed by atoms with Crippen LogP contribution in [0.2, 0.25) is 0 Å². The molecular formula is C21H21FN2OS. The van der Waals surface area contributed by atoms with Gasteiger partial charge in [0, 0.05) is 17.3 Å². The summed E-state index contributed by atoms with van der Waals surface area (Å²) >= 11 is 1.22. The molecule has 0 atom stereocenters. The Morgan fingerprint density at radius 2 is 1.88 bits per heavy atom. The Hall–Kier alpha value is -2.53. The van der Waals surface area contributed by atoms with Crippen molar-refractivity contribution < 1.29 is 9.18 Å². The molecule has 0 bridgehead atoms. The standard InChI is InChI=1S/C21H21FN2OS/c1-13(2)24(18-11-14(3)9-10-15(18)4)21(25)19-12-23-20(26-19)16-7-5-6-8-17(16)22/h5-13H,1-4H3. The van der Waals surface area contributed by atoms with Gasteiger partial charge >= 0.3 is 0 Å². The lowest BCUT2D eigenvalue weighted by Gasteiger charge is -2.28. The summed E-state index contributed by atoms with van der Waals surface area (Å²) in [6.45, 7) is 7.97. The minimum Gasteiger partial charge on any atom is -0.305 e. The van der Waals surface area contributed by atoms with E-state index in [0.29, 0.717) is 15.4 Å². The maximum atomic E-state index is 14.0. The topological polar surface area (TPSA) is 33.2 Å². The summed E-state index contributed by atoms with van der Waals surface area (Å²) in [5, 5.41) is 0.510. The molecule has 134 valence electrons. The Morgan fingerprint density at radius 1 is 1.15 bits per heavy atom. The second-order valence-electron chi connectivity index (χ2n) is 6.57. The summed E-state index contributed by atoms with van der Waals surface area (Å²) in [6.07, 6.45) is 1.54. The minimum absolute atomic E-state index is 0.0120. The first-order valence-electron chi connectivity index (χ1n) is 8.50. The summed E-state index contributed by atoms with van der Waals surface area (Å²) in [5.41, 5.74) is 3.45. The second-order valence-corrected chi connectivity index (χ2v) is 7.60. The molecule has 3 rings (SSSR count). The Kier molecular flexibility index (Phi) is 5.18. The van der Waals surface area contributed by atoms with Crippen molar-refractivity contribution >= 4 is 22.9 Å². The quantitative estimate of drug-likeness (QED) is 0.599. The smallest absolute Gasteiger partial charge is 0.270 e. The number of carbonyl (C=O) groups is 1. The molecule has 0 N–H and O–H groups in total. The van der Waals surface area contributed by atoms with Gasteiger partial charge in [-0.05, 0) is 57.0 Å². The molecule has 1 amide bonds. The van der Waals surface area contributed by atoms with Crippen LogP contribution in [0.15, 0.2) is 48.7 Å². The predicted molar refractivity (Wildman–Crippen MR) is 105 cm³/mol. The zero-order valence-corrected chi connectivity index (χ0v) is 16.1. The molecule has 0 unspecified atom stereocenters. The summed E-state index contributed by atoms with van der Waals surface area (Å²) in [5.74, 6) is -0.454. The molecule has 1 aromatic heterocycles. The number of aromatic nitrogens is 1. The van der Waals surface area contributed by atoms with Gasteiger partial charge in [0.05, 0.1) is 6.20 Å². The van der Waals surface area contributed by atoms with E-state index in [1.807, 2.05) is 45.9 Å². The summed E-state index contributed by atoms with van der Waals surface area (Å²) in [6, 6.07) is 12.5. The summed E-state index contributed by atoms with van der Waals surface area (Å²) in [4.78, 5) is 19.7. The highest BCUT2D eigenvalue weighted by molar-refractivity contribution is 7.17. The van der Waals surface area contributed by atoms with Gasteiger partial charge in [-0.1, -0.05) is 24.3 Å². The first kappa shape index (κ1) is 18.3. The van der Waals surface area contributed by atoms with Crippen molar-refractivity contribution in [3.05, 3.63) is 70.5 Å². The van der Waals surface area contributed by atoms with Crippen LogP contribution in [0.4, 0.5) is 10.1 Å².